The molecule has 0 aromatic heterocycles. The highest BCUT2D eigenvalue weighted by Crippen LogP contribution is 2.22. The number of aryl methyl sites for hydroxylation is 1. The molecular weight excluding hydrogens is 402 g/mol. The van der Waals surface area contributed by atoms with Gasteiger partial charge in [-0.3, -0.25) is 9.59 Å². The second-order valence-electron chi connectivity index (χ2n) is 7.69. The maximum atomic E-state index is 12.6. The van der Waals surface area contributed by atoms with Gasteiger partial charge in [0.15, 0.2) is 0 Å². The zero-order valence-electron chi connectivity index (χ0n) is 17.4. The van der Waals surface area contributed by atoms with E-state index in [-0.39, 0.29) is 28.8 Å². The van der Waals surface area contributed by atoms with Gasteiger partial charge in [0.1, 0.15) is 0 Å². The molecule has 2 aromatic carbocycles. The van der Waals surface area contributed by atoms with Crippen LogP contribution in [-0.2, 0) is 10.0 Å². The van der Waals surface area contributed by atoms with Gasteiger partial charge in [-0.25, -0.2) is 13.1 Å². The highest BCUT2D eigenvalue weighted by molar-refractivity contribution is 7.89. The lowest BCUT2D eigenvalue weighted by atomic mass is 10.1. The molecule has 2 aromatic rings. The maximum absolute atomic E-state index is 12.6. The van der Waals surface area contributed by atoms with Crippen molar-refractivity contribution in [3.8, 4) is 0 Å². The molecule has 0 radical (unpaired) electrons. The lowest BCUT2D eigenvalue weighted by Gasteiger charge is -2.13. The van der Waals surface area contributed by atoms with E-state index < -0.39 is 10.0 Å². The van der Waals surface area contributed by atoms with Crippen LogP contribution < -0.4 is 15.4 Å². The van der Waals surface area contributed by atoms with Crippen LogP contribution >= 0.6 is 0 Å². The topological polar surface area (TPSA) is 104 Å². The molecule has 1 saturated carbocycles. The second-order valence-corrected chi connectivity index (χ2v) is 9.40. The largest absolute Gasteiger partial charge is 0.349 e. The summed E-state index contributed by atoms with van der Waals surface area (Å²) < 4.78 is 27.3. The van der Waals surface area contributed by atoms with E-state index in [0.717, 1.165) is 18.4 Å². The number of nitrogens with one attached hydrogen (secondary N) is 3. The van der Waals surface area contributed by atoms with Gasteiger partial charge in [0.05, 0.1) is 4.90 Å². The van der Waals surface area contributed by atoms with E-state index >= 15 is 0 Å². The molecule has 0 bridgehead atoms. The third-order valence-electron chi connectivity index (χ3n) is 5.06. The van der Waals surface area contributed by atoms with Crippen molar-refractivity contribution in [1.82, 2.24) is 10.0 Å². The number of sulfonamides is 1. The first-order valence-electron chi connectivity index (χ1n) is 10.0. The molecule has 1 unspecified atom stereocenters. The molecule has 0 spiro atoms. The van der Waals surface area contributed by atoms with Crippen molar-refractivity contribution >= 4 is 27.5 Å². The summed E-state index contributed by atoms with van der Waals surface area (Å²) in [5.41, 5.74) is 2.17. The fourth-order valence-corrected chi connectivity index (χ4v) is 4.12. The lowest BCUT2D eigenvalue weighted by Crippen LogP contribution is -2.32. The van der Waals surface area contributed by atoms with Gasteiger partial charge in [0.25, 0.3) is 11.8 Å². The molecule has 7 nitrogen and oxygen atoms in total. The summed E-state index contributed by atoms with van der Waals surface area (Å²) in [6.07, 6.45) is 2.68. The number of rotatable bonds is 8. The Bertz CT molecular complexity index is 1040. The van der Waals surface area contributed by atoms with Crippen LogP contribution in [0.1, 0.15) is 59.4 Å². The molecule has 1 atom stereocenters. The number of benzene rings is 2. The molecule has 160 valence electrons. The Kier molecular flexibility index (Phi) is 6.58. The van der Waals surface area contributed by atoms with Crippen LogP contribution in [0.25, 0.3) is 0 Å². The van der Waals surface area contributed by atoms with Crippen molar-refractivity contribution in [2.75, 3.05) is 5.32 Å². The van der Waals surface area contributed by atoms with Gasteiger partial charge in [0.2, 0.25) is 10.0 Å². The zero-order chi connectivity index (χ0) is 21.9. The van der Waals surface area contributed by atoms with Gasteiger partial charge in [-0.1, -0.05) is 13.0 Å². The molecule has 0 aliphatic heterocycles. The normalized spacial score (nSPS) is 14.8. The first-order chi connectivity index (χ1) is 14.2. The number of hydrogen-bond donors (Lipinski definition) is 3. The minimum absolute atomic E-state index is 0.106. The highest BCUT2D eigenvalue weighted by atomic mass is 32.2. The Labute approximate surface area is 177 Å². The van der Waals surface area contributed by atoms with Crippen molar-refractivity contribution in [1.29, 1.82) is 0 Å². The number of anilines is 1. The molecule has 0 heterocycles. The van der Waals surface area contributed by atoms with Crippen LogP contribution in [0.15, 0.2) is 47.4 Å². The van der Waals surface area contributed by atoms with Gasteiger partial charge in [0, 0.05) is 28.9 Å². The minimum Gasteiger partial charge on any atom is -0.349 e. The van der Waals surface area contributed by atoms with Crippen LogP contribution in [0.2, 0.25) is 0 Å². The van der Waals surface area contributed by atoms with E-state index in [1.54, 1.807) is 25.1 Å². The molecular formula is C22H27N3O4S. The predicted octanol–water partition coefficient (Wildman–Crippen LogP) is 3.22. The molecule has 0 saturated heterocycles. The van der Waals surface area contributed by atoms with Crippen LogP contribution in [0.4, 0.5) is 5.69 Å². The van der Waals surface area contributed by atoms with Crippen molar-refractivity contribution in [2.45, 2.75) is 57.0 Å². The molecule has 1 aliphatic rings. The van der Waals surface area contributed by atoms with Gasteiger partial charge >= 0.3 is 0 Å². The van der Waals surface area contributed by atoms with Crippen molar-refractivity contribution in [3.05, 3.63) is 59.2 Å². The molecule has 30 heavy (non-hydrogen) atoms. The highest BCUT2D eigenvalue weighted by Gasteiger charge is 2.24. The minimum atomic E-state index is -3.63. The van der Waals surface area contributed by atoms with Gasteiger partial charge in [-0.15, -0.1) is 0 Å². The van der Waals surface area contributed by atoms with E-state index in [9.17, 15) is 18.0 Å². The summed E-state index contributed by atoms with van der Waals surface area (Å²) in [5.74, 6) is -0.534. The van der Waals surface area contributed by atoms with E-state index in [2.05, 4.69) is 15.4 Å². The molecule has 1 fully saturated rings. The summed E-state index contributed by atoms with van der Waals surface area (Å²) in [5, 5.41) is 5.73. The third kappa shape index (κ3) is 5.46. The monoisotopic (exact) mass is 429 g/mol. The number of amides is 2. The molecule has 8 heteroatoms. The van der Waals surface area contributed by atoms with Crippen LogP contribution in [0.3, 0.4) is 0 Å². The Hall–Kier alpha value is -2.71. The Morgan fingerprint density at radius 1 is 1.03 bits per heavy atom. The zero-order valence-corrected chi connectivity index (χ0v) is 18.2. The maximum Gasteiger partial charge on any atom is 0.255 e. The molecule has 1 aliphatic carbocycles. The van der Waals surface area contributed by atoms with Crippen molar-refractivity contribution in [2.24, 2.45) is 0 Å². The van der Waals surface area contributed by atoms with E-state index in [1.807, 2.05) is 13.8 Å². The smallest absolute Gasteiger partial charge is 0.255 e. The first kappa shape index (κ1) is 22.0. The van der Waals surface area contributed by atoms with E-state index in [4.69, 9.17) is 0 Å². The summed E-state index contributed by atoms with van der Waals surface area (Å²) in [6.45, 7) is 5.53. The molecule has 3 N–H and O–H groups in total. The fraction of sp³-hybridized carbons (Fsp3) is 0.364. The predicted molar refractivity (Wildman–Crippen MR) is 116 cm³/mol. The summed E-state index contributed by atoms with van der Waals surface area (Å²) in [6, 6.07) is 11.0. The van der Waals surface area contributed by atoms with Crippen LogP contribution in [-0.4, -0.2) is 32.3 Å². The summed E-state index contributed by atoms with van der Waals surface area (Å²) in [4.78, 5) is 25.0. The van der Waals surface area contributed by atoms with E-state index in [1.165, 1.54) is 24.3 Å². The number of hydrogen-bond acceptors (Lipinski definition) is 4. The average Bonchev–Trinajstić information content (AvgIpc) is 3.53. The summed E-state index contributed by atoms with van der Waals surface area (Å²) >= 11 is 0. The molecule has 3 rings (SSSR count). The SMILES string of the molecule is CCC(C)NS(=O)(=O)c1ccc(C(=O)Nc2cc(C(=O)NC3CC3)ccc2C)cc1. The van der Waals surface area contributed by atoms with Gasteiger partial charge in [-0.05, 0) is 75.1 Å². The van der Waals surface area contributed by atoms with E-state index in [0.29, 0.717) is 23.2 Å². The van der Waals surface area contributed by atoms with Crippen LogP contribution in [0, 0.1) is 6.92 Å². The fourth-order valence-electron chi connectivity index (χ4n) is 2.79. The van der Waals surface area contributed by atoms with Gasteiger partial charge in [-0.2, -0.15) is 0 Å². The first-order valence-corrected chi connectivity index (χ1v) is 11.5. The Morgan fingerprint density at radius 3 is 2.27 bits per heavy atom. The quantitative estimate of drug-likeness (QED) is 0.599. The standard InChI is InChI=1S/C22H27N3O4S/c1-4-15(3)25-30(28,29)19-11-7-16(8-12-19)21(26)24-20-13-17(6-5-14(20)2)22(27)23-18-9-10-18/h5-8,11-13,15,18,25H,4,9-10H2,1-3H3,(H,23,27)(H,24,26). The number of carbonyl (C=O) groups excluding carboxylic acids is 2. The van der Waals surface area contributed by atoms with Crippen LogP contribution in [0.5, 0.6) is 0 Å². The summed E-state index contributed by atoms with van der Waals surface area (Å²) in [7, 11) is -3.63. The molecule has 2 amide bonds. The second kappa shape index (κ2) is 8.97. The van der Waals surface area contributed by atoms with Crippen molar-refractivity contribution < 1.29 is 18.0 Å². The Balaban J connectivity index is 1.72. The third-order valence-corrected chi connectivity index (χ3v) is 6.66. The van der Waals surface area contributed by atoms with Crippen molar-refractivity contribution in [3.63, 3.8) is 0 Å². The van der Waals surface area contributed by atoms with Gasteiger partial charge < -0.3 is 10.6 Å². The number of carbonyl (C=O) groups is 2. The lowest BCUT2D eigenvalue weighted by molar-refractivity contribution is 0.0949. The average molecular weight is 430 g/mol. The Morgan fingerprint density at radius 2 is 1.67 bits per heavy atom.